The maximum Gasteiger partial charge on any atom is 0.172 e. The number of piperidine rings is 1. The average molecular weight is 368 g/mol. The molecule has 0 radical (unpaired) electrons. The van der Waals surface area contributed by atoms with Gasteiger partial charge in [0.1, 0.15) is 0 Å². The Morgan fingerprint density at radius 3 is 2.56 bits per heavy atom. The smallest absolute Gasteiger partial charge is 0.172 e. The summed E-state index contributed by atoms with van der Waals surface area (Å²) in [5.41, 5.74) is 0.865. The van der Waals surface area contributed by atoms with Crippen LogP contribution in [0.5, 0.6) is 0 Å². The molecule has 0 aromatic heterocycles. The molecule has 1 heterocycles. The number of fused-ring (bicyclic) bond motifs is 2. The number of carbonyl (C=O) groups excluding carboxylic acids is 2. The Bertz CT molecular complexity index is 768. The monoisotopic (exact) mass is 367 g/mol. The Morgan fingerprint density at radius 2 is 1.81 bits per heavy atom. The van der Waals surface area contributed by atoms with Gasteiger partial charge < -0.3 is 4.90 Å². The number of rotatable bonds is 2. The van der Waals surface area contributed by atoms with E-state index in [1.807, 2.05) is 0 Å². The lowest BCUT2D eigenvalue weighted by Gasteiger charge is -2.71. The lowest BCUT2D eigenvalue weighted by molar-refractivity contribution is -0.196. The summed E-state index contributed by atoms with van der Waals surface area (Å²) in [5.74, 6) is 0.927. The van der Waals surface area contributed by atoms with Crippen molar-refractivity contribution in [3.63, 3.8) is 0 Å². The summed E-state index contributed by atoms with van der Waals surface area (Å²) in [6.07, 6.45) is 7.39. The summed E-state index contributed by atoms with van der Waals surface area (Å²) in [6, 6.07) is 0. The molecule has 2 unspecified atom stereocenters. The normalized spacial score (nSPS) is 49.2. The maximum atomic E-state index is 13.8. The lowest BCUT2D eigenvalue weighted by Crippen LogP contribution is -2.73. The molecule has 1 saturated heterocycles. The van der Waals surface area contributed by atoms with E-state index in [1.54, 1.807) is 0 Å². The number of hydrogen-bond donors (Lipinski definition) is 0. The van der Waals surface area contributed by atoms with Crippen molar-refractivity contribution in [1.82, 2.24) is 4.90 Å². The second-order valence-corrected chi connectivity index (χ2v) is 10.6. The van der Waals surface area contributed by atoms with Gasteiger partial charge in [-0.05, 0) is 78.9 Å². The molecule has 6 atom stereocenters. The van der Waals surface area contributed by atoms with Crippen LogP contribution in [0.15, 0.2) is 24.3 Å². The van der Waals surface area contributed by atoms with Crippen LogP contribution in [0.1, 0.15) is 58.8 Å². The van der Waals surface area contributed by atoms with Crippen molar-refractivity contribution >= 4 is 11.6 Å². The van der Waals surface area contributed by atoms with E-state index in [0.717, 1.165) is 62.9 Å². The highest BCUT2D eigenvalue weighted by atomic mass is 16.2. The predicted molar refractivity (Wildman–Crippen MR) is 106 cm³/mol. The van der Waals surface area contributed by atoms with E-state index >= 15 is 0 Å². The highest BCUT2D eigenvalue weighted by Crippen LogP contribution is 2.72. The topological polar surface area (TPSA) is 37.4 Å². The molecule has 0 aromatic rings. The number of likely N-dealkylation sites (tertiary alicyclic amines) is 1. The molecule has 3 nitrogen and oxygen atoms in total. The first-order valence-corrected chi connectivity index (χ1v) is 11.0. The zero-order valence-corrected chi connectivity index (χ0v) is 17.0. The molecule has 0 N–H and O–H groups in total. The van der Waals surface area contributed by atoms with E-state index in [9.17, 15) is 9.59 Å². The fourth-order valence-electron chi connectivity index (χ4n) is 8.61. The number of ketones is 2. The largest absolute Gasteiger partial charge is 0.302 e. The third-order valence-electron chi connectivity index (χ3n) is 9.24. The van der Waals surface area contributed by atoms with Gasteiger partial charge in [-0.15, -0.1) is 0 Å². The van der Waals surface area contributed by atoms with Gasteiger partial charge in [0.05, 0.1) is 5.41 Å². The van der Waals surface area contributed by atoms with Gasteiger partial charge in [-0.2, -0.15) is 0 Å². The highest BCUT2D eigenvalue weighted by Gasteiger charge is 2.73. The van der Waals surface area contributed by atoms with Gasteiger partial charge in [0, 0.05) is 19.0 Å². The molecule has 6 fully saturated rings. The van der Waals surface area contributed by atoms with Crippen molar-refractivity contribution in [2.45, 2.75) is 58.8 Å². The molecule has 3 heteroatoms. The Hall–Kier alpha value is -1.22. The van der Waals surface area contributed by atoms with Crippen molar-refractivity contribution in [2.75, 3.05) is 19.6 Å². The molecule has 6 rings (SSSR count). The molecule has 146 valence electrons. The van der Waals surface area contributed by atoms with E-state index in [0.29, 0.717) is 5.92 Å². The van der Waals surface area contributed by atoms with Crippen molar-refractivity contribution < 1.29 is 9.59 Å². The second-order valence-electron chi connectivity index (χ2n) is 10.6. The van der Waals surface area contributed by atoms with Crippen LogP contribution in [0.2, 0.25) is 0 Å². The van der Waals surface area contributed by atoms with Gasteiger partial charge in [0.2, 0.25) is 0 Å². The SMILES string of the molecule is C=C1C(=O)[C@@]23CC[C@@H](CC2[C@@]24CCC[C@@](C)(CN(CCC)C2)C14)C(=C)C3=O. The second kappa shape index (κ2) is 5.43. The Balaban J connectivity index is 1.70. The Labute approximate surface area is 163 Å². The van der Waals surface area contributed by atoms with E-state index in [1.165, 1.54) is 12.8 Å². The summed E-state index contributed by atoms with van der Waals surface area (Å²) < 4.78 is 0. The van der Waals surface area contributed by atoms with Crippen molar-refractivity contribution in [1.29, 1.82) is 0 Å². The molecule has 0 aromatic carbocycles. The zero-order valence-electron chi connectivity index (χ0n) is 17.0. The van der Waals surface area contributed by atoms with Gasteiger partial charge in [0.15, 0.2) is 11.6 Å². The fraction of sp³-hybridized carbons (Fsp3) is 0.750. The molecular weight excluding hydrogens is 334 g/mol. The molecule has 1 aliphatic heterocycles. The highest BCUT2D eigenvalue weighted by molar-refractivity contribution is 6.21. The minimum Gasteiger partial charge on any atom is -0.302 e. The first-order chi connectivity index (χ1) is 12.8. The van der Waals surface area contributed by atoms with E-state index in [-0.39, 0.29) is 34.2 Å². The molecule has 4 bridgehead atoms. The van der Waals surface area contributed by atoms with Crippen LogP contribution in [0.3, 0.4) is 0 Å². The van der Waals surface area contributed by atoms with Crippen LogP contribution in [0.4, 0.5) is 0 Å². The van der Waals surface area contributed by atoms with Gasteiger partial charge >= 0.3 is 0 Å². The molecule has 27 heavy (non-hydrogen) atoms. The molecule has 5 saturated carbocycles. The van der Waals surface area contributed by atoms with Crippen molar-refractivity contribution in [3.05, 3.63) is 24.3 Å². The van der Waals surface area contributed by atoms with E-state index in [2.05, 4.69) is 31.9 Å². The number of allylic oxidation sites excluding steroid dienone is 2. The standard InChI is InChI=1S/C24H33NO2/c1-5-11-25-13-22(4)8-6-9-23(14-25)18-12-17-7-10-24(18,20(26)15(17)2)21(27)16(3)19(22)23/h17-19H,2-3,5-14H2,1,4H3/t17-,18?,19?,22-,23+,24-/m0/s1. The van der Waals surface area contributed by atoms with Crippen LogP contribution in [0.25, 0.3) is 0 Å². The summed E-state index contributed by atoms with van der Waals surface area (Å²) in [5, 5.41) is 0. The molecule has 1 spiro atoms. The number of nitrogens with zero attached hydrogens (tertiary/aromatic N) is 1. The van der Waals surface area contributed by atoms with E-state index < -0.39 is 5.41 Å². The van der Waals surface area contributed by atoms with Crippen LogP contribution in [-0.4, -0.2) is 36.1 Å². The fourth-order valence-corrected chi connectivity index (χ4v) is 8.61. The van der Waals surface area contributed by atoms with E-state index in [4.69, 9.17) is 0 Å². The van der Waals surface area contributed by atoms with Crippen LogP contribution in [0, 0.1) is 34.0 Å². The maximum absolute atomic E-state index is 13.8. The number of hydrogen-bond acceptors (Lipinski definition) is 3. The number of carbonyl (C=O) groups is 2. The molecular formula is C24H33NO2. The predicted octanol–water partition coefficient (Wildman–Crippen LogP) is 4.19. The molecule has 5 aliphatic carbocycles. The molecule has 6 aliphatic rings. The third-order valence-corrected chi connectivity index (χ3v) is 9.24. The van der Waals surface area contributed by atoms with Crippen molar-refractivity contribution in [3.8, 4) is 0 Å². The molecule has 0 amide bonds. The first-order valence-electron chi connectivity index (χ1n) is 11.0. The third kappa shape index (κ3) is 1.92. The average Bonchev–Trinajstić information content (AvgIpc) is 2.62. The summed E-state index contributed by atoms with van der Waals surface area (Å²) in [4.78, 5) is 29.8. The quantitative estimate of drug-likeness (QED) is 0.543. The van der Waals surface area contributed by atoms with Gasteiger partial charge in [-0.3, -0.25) is 9.59 Å². The lowest BCUT2D eigenvalue weighted by atomic mass is 9.34. The Morgan fingerprint density at radius 1 is 1.07 bits per heavy atom. The van der Waals surface area contributed by atoms with Crippen LogP contribution < -0.4 is 0 Å². The van der Waals surface area contributed by atoms with Gasteiger partial charge in [-0.25, -0.2) is 0 Å². The summed E-state index contributed by atoms with van der Waals surface area (Å²) in [7, 11) is 0. The number of Topliss-reactive ketones (excluding diaryl/α,β-unsaturated/α-hetero) is 2. The van der Waals surface area contributed by atoms with Crippen LogP contribution >= 0.6 is 0 Å². The summed E-state index contributed by atoms with van der Waals surface area (Å²) >= 11 is 0. The van der Waals surface area contributed by atoms with Gasteiger partial charge in [-0.1, -0.05) is 33.4 Å². The van der Waals surface area contributed by atoms with Gasteiger partial charge in [0.25, 0.3) is 0 Å². The minimum atomic E-state index is -0.826. The Kier molecular flexibility index (Phi) is 3.59. The first kappa shape index (κ1) is 17.8. The zero-order chi connectivity index (χ0) is 19.2. The minimum absolute atomic E-state index is 0.0560. The van der Waals surface area contributed by atoms with Crippen LogP contribution in [-0.2, 0) is 9.59 Å². The van der Waals surface area contributed by atoms with Crippen molar-refractivity contribution in [2.24, 2.45) is 34.0 Å². The summed E-state index contributed by atoms with van der Waals surface area (Å²) in [6.45, 7) is 16.4.